The Balaban J connectivity index is 0.000000147. The van der Waals surface area contributed by atoms with Crippen LogP contribution in [0.25, 0.3) is 20.2 Å². The molecular weight excluding hydrogens is 262 g/mol. The molecule has 0 unspecified atom stereocenters. The molecule has 2 aromatic carbocycles. The van der Waals surface area contributed by atoms with Crippen LogP contribution in [0.3, 0.4) is 0 Å². The van der Waals surface area contributed by atoms with Crippen molar-refractivity contribution in [2.45, 2.75) is 0 Å². The molecule has 0 spiro atoms. The van der Waals surface area contributed by atoms with Gasteiger partial charge in [-0.05, 0) is 24.3 Å². The summed E-state index contributed by atoms with van der Waals surface area (Å²) in [7, 11) is 0. The minimum atomic E-state index is 1.38. The van der Waals surface area contributed by atoms with E-state index in [0.29, 0.717) is 0 Å². The number of fused-ring (bicyclic) bond motifs is 3. The van der Waals surface area contributed by atoms with Gasteiger partial charge < -0.3 is 5.32 Å². The predicted molar refractivity (Wildman–Crippen MR) is 89.9 cm³/mol. The second-order valence-corrected chi connectivity index (χ2v) is 5.45. The fourth-order valence-corrected chi connectivity index (χ4v) is 3.19. The number of hydrogen-bond acceptors (Lipinski definition) is 2. The Labute approximate surface area is 122 Å². The lowest BCUT2D eigenvalue weighted by atomic mass is 10.2. The van der Waals surface area contributed by atoms with Gasteiger partial charge in [-0.1, -0.05) is 48.6 Å². The fourth-order valence-electron chi connectivity index (χ4n) is 2.08. The summed E-state index contributed by atoms with van der Waals surface area (Å²) in [5, 5.41) is 5.68. The molecule has 0 aliphatic carbocycles. The van der Waals surface area contributed by atoms with E-state index in [9.17, 15) is 0 Å². The summed E-state index contributed by atoms with van der Waals surface area (Å²) >= 11 is 1.86. The molecule has 4 rings (SSSR count). The van der Waals surface area contributed by atoms with Crippen LogP contribution < -0.4 is 5.32 Å². The van der Waals surface area contributed by atoms with Crippen LogP contribution in [0.15, 0.2) is 85.2 Å². The molecule has 3 aromatic rings. The van der Waals surface area contributed by atoms with Crippen molar-refractivity contribution in [2.75, 3.05) is 0 Å². The number of thiophene rings is 1. The normalized spacial score (nSPS) is 12.8. The third-order valence-electron chi connectivity index (χ3n) is 3.00. The first-order valence-corrected chi connectivity index (χ1v) is 7.37. The highest BCUT2D eigenvalue weighted by atomic mass is 32.1. The molecule has 0 saturated carbocycles. The van der Waals surface area contributed by atoms with Crippen LogP contribution in [0.5, 0.6) is 0 Å². The zero-order valence-electron chi connectivity index (χ0n) is 11.0. The minimum Gasteiger partial charge on any atom is -0.368 e. The van der Waals surface area contributed by atoms with E-state index < -0.39 is 0 Å². The number of rotatable bonds is 0. The molecular formula is C18H15NS. The number of benzene rings is 2. The SMILES string of the molecule is C1=CC=CNC=C1.c1ccc2c(c1)sc1ccccc12. The standard InChI is InChI=1S/C12H8S.C6H7N/c1-3-7-11-9(5-1)10-6-2-4-8-12(10)13-11;1-2-4-6-7-5-3-1/h1-8H;1-7H. The molecule has 1 N–H and O–H groups in total. The van der Waals surface area contributed by atoms with Crippen molar-refractivity contribution in [3.8, 4) is 0 Å². The zero-order chi connectivity index (χ0) is 13.6. The Morgan fingerprint density at radius 3 is 1.65 bits per heavy atom. The summed E-state index contributed by atoms with van der Waals surface area (Å²) in [6.45, 7) is 0. The van der Waals surface area contributed by atoms with Crippen molar-refractivity contribution >= 4 is 31.5 Å². The molecule has 0 saturated heterocycles. The summed E-state index contributed by atoms with van der Waals surface area (Å²) < 4.78 is 2.76. The van der Waals surface area contributed by atoms with Crippen LogP contribution in [0, 0.1) is 0 Å². The Morgan fingerprint density at radius 2 is 1.10 bits per heavy atom. The van der Waals surface area contributed by atoms with Crippen LogP contribution >= 0.6 is 11.3 Å². The fraction of sp³-hybridized carbons (Fsp3) is 0. The van der Waals surface area contributed by atoms with Crippen molar-refractivity contribution in [2.24, 2.45) is 0 Å². The van der Waals surface area contributed by atoms with Crippen molar-refractivity contribution in [1.29, 1.82) is 0 Å². The molecule has 0 bridgehead atoms. The van der Waals surface area contributed by atoms with Gasteiger partial charge in [0.05, 0.1) is 0 Å². The monoisotopic (exact) mass is 277 g/mol. The topological polar surface area (TPSA) is 12.0 Å². The third kappa shape index (κ3) is 2.81. The number of nitrogens with one attached hydrogen (secondary N) is 1. The van der Waals surface area contributed by atoms with Gasteiger partial charge in [0.1, 0.15) is 0 Å². The van der Waals surface area contributed by atoms with E-state index >= 15 is 0 Å². The Bertz CT molecular complexity index is 729. The highest BCUT2D eigenvalue weighted by molar-refractivity contribution is 7.25. The van der Waals surface area contributed by atoms with Gasteiger partial charge in [0.15, 0.2) is 0 Å². The van der Waals surface area contributed by atoms with Gasteiger partial charge in [-0.15, -0.1) is 11.3 Å². The van der Waals surface area contributed by atoms with E-state index in [1.807, 2.05) is 48.0 Å². The largest absolute Gasteiger partial charge is 0.368 e. The van der Waals surface area contributed by atoms with Crippen LogP contribution in [-0.4, -0.2) is 0 Å². The molecule has 98 valence electrons. The molecule has 2 heterocycles. The quantitative estimate of drug-likeness (QED) is 0.593. The van der Waals surface area contributed by atoms with Gasteiger partial charge in [-0.25, -0.2) is 0 Å². The molecule has 1 aliphatic rings. The van der Waals surface area contributed by atoms with Gasteiger partial charge in [0.2, 0.25) is 0 Å². The summed E-state index contributed by atoms with van der Waals surface area (Å²) in [6.07, 6.45) is 11.6. The predicted octanol–water partition coefficient (Wildman–Crippen LogP) is 5.23. The average Bonchev–Trinajstić information content (AvgIpc) is 2.68. The highest BCUT2D eigenvalue weighted by Gasteiger charge is 2.01. The molecule has 0 atom stereocenters. The van der Waals surface area contributed by atoms with E-state index in [4.69, 9.17) is 0 Å². The van der Waals surface area contributed by atoms with Crippen molar-refractivity contribution in [3.05, 3.63) is 85.2 Å². The van der Waals surface area contributed by atoms with E-state index in [1.165, 1.54) is 20.2 Å². The van der Waals surface area contributed by atoms with Gasteiger partial charge in [0.25, 0.3) is 0 Å². The lowest BCUT2D eigenvalue weighted by Crippen LogP contribution is -1.87. The molecule has 1 aromatic heterocycles. The number of allylic oxidation sites excluding steroid dienone is 4. The molecule has 1 aliphatic heterocycles. The zero-order valence-corrected chi connectivity index (χ0v) is 11.8. The lowest BCUT2D eigenvalue weighted by Gasteiger charge is -1.88. The molecule has 1 nitrogen and oxygen atoms in total. The third-order valence-corrected chi connectivity index (χ3v) is 4.15. The van der Waals surface area contributed by atoms with Crippen LogP contribution in [0.2, 0.25) is 0 Å². The second-order valence-electron chi connectivity index (χ2n) is 4.36. The molecule has 2 heteroatoms. The van der Waals surface area contributed by atoms with E-state index in [-0.39, 0.29) is 0 Å². The van der Waals surface area contributed by atoms with E-state index in [0.717, 1.165) is 0 Å². The Kier molecular flexibility index (Phi) is 3.95. The average molecular weight is 277 g/mol. The maximum absolute atomic E-state index is 2.92. The van der Waals surface area contributed by atoms with Crippen molar-refractivity contribution in [3.63, 3.8) is 0 Å². The lowest BCUT2D eigenvalue weighted by molar-refractivity contribution is 1.20. The minimum absolute atomic E-state index is 1.38. The number of hydrogen-bond donors (Lipinski definition) is 1. The summed E-state index contributed by atoms with van der Waals surface area (Å²) in [5.41, 5.74) is 0. The van der Waals surface area contributed by atoms with E-state index in [1.54, 1.807) is 0 Å². The van der Waals surface area contributed by atoms with Gasteiger partial charge in [-0.2, -0.15) is 0 Å². The van der Waals surface area contributed by atoms with Gasteiger partial charge in [-0.3, -0.25) is 0 Å². The maximum Gasteiger partial charge on any atom is 0.0355 e. The van der Waals surface area contributed by atoms with Crippen molar-refractivity contribution in [1.82, 2.24) is 5.32 Å². The van der Waals surface area contributed by atoms with Crippen LogP contribution in [0.1, 0.15) is 0 Å². The Morgan fingerprint density at radius 1 is 0.600 bits per heavy atom. The van der Waals surface area contributed by atoms with Gasteiger partial charge >= 0.3 is 0 Å². The highest BCUT2D eigenvalue weighted by Crippen LogP contribution is 2.32. The molecule has 20 heavy (non-hydrogen) atoms. The first kappa shape index (κ1) is 12.7. The van der Waals surface area contributed by atoms with Crippen molar-refractivity contribution < 1.29 is 0 Å². The van der Waals surface area contributed by atoms with Gasteiger partial charge in [0, 0.05) is 32.6 Å². The Hall–Kier alpha value is -2.32. The van der Waals surface area contributed by atoms with Crippen LogP contribution in [-0.2, 0) is 0 Å². The maximum atomic E-state index is 2.92. The second kappa shape index (κ2) is 6.22. The summed E-state index contributed by atoms with van der Waals surface area (Å²) in [5.74, 6) is 0. The molecule has 0 radical (unpaired) electrons. The first-order valence-electron chi connectivity index (χ1n) is 6.56. The summed E-state index contributed by atoms with van der Waals surface area (Å²) in [6, 6.07) is 17.1. The summed E-state index contributed by atoms with van der Waals surface area (Å²) in [4.78, 5) is 0. The van der Waals surface area contributed by atoms with Crippen LogP contribution in [0.4, 0.5) is 0 Å². The smallest absolute Gasteiger partial charge is 0.0355 e. The molecule has 0 amide bonds. The van der Waals surface area contributed by atoms with E-state index in [2.05, 4.69) is 53.8 Å². The first-order chi connectivity index (χ1) is 9.95. The molecule has 0 fully saturated rings.